The fraction of sp³-hybridized carbons (Fsp3) is 0. The third-order valence-electron chi connectivity index (χ3n) is 0. The summed E-state index contributed by atoms with van der Waals surface area (Å²) in [5.41, 5.74) is 0. The summed E-state index contributed by atoms with van der Waals surface area (Å²) in [4.78, 5) is 0. The van der Waals surface area contributed by atoms with Gasteiger partial charge in [0.1, 0.15) is 0 Å². The quantitative estimate of drug-likeness (QED) is 0.432. The van der Waals surface area contributed by atoms with Crippen molar-refractivity contribution in [3.8, 4) is 0 Å². The third kappa shape index (κ3) is 27.5. The first-order chi connectivity index (χ1) is 1.00. The van der Waals surface area contributed by atoms with Gasteiger partial charge in [-0.25, -0.2) is 0 Å². The van der Waals surface area contributed by atoms with Crippen LogP contribution in [0.2, 0.25) is 0 Å². The van der Waals surface area contributed by atoms with E-state index in [-0.39, 0.29) is 48.7 Å². The van der Waals surface area contributed by atoms with Crippen molar-refractivity contribution in [1.82, 2.24) is 0 Å². The van der Waals surface area contributed by atoms with Crippen molar-refractivity contribution in [2.24, 2.45) is 0 Å². The molecule has 0 aromatic rings. The van der Waals surface area contributed by atoms with Gasteiger partial charge in [0.2, 0.25) is 0 Å². The van der Waals surface area contributed by atoms with Crippen LogP contribution in [0.1, 0.15) is 0 Å². The number of rotatable bonds is 0. The van der Waals surface area contributed by atoms with Gasteiger partial charge in [0, 0.05) is 0 Å². The van der Waals surface area contributed by atoms with E-state index < -0.39 is 0 Å². The molecule has 0 radical (unpaired) electrons. The van der Waals surface area contributed by atoms with E-state index in [1.165, 1.54) is 0 Å². The normalized spacial score (nSPS) is 1.20. The molecule has 0 unspecified atom stereocenters. The second-order valence-corrected chi connectivity index (χ2v) is 0. The van der Waals surface area contributed by atoms with Crippen LogP contribution in [0.3, 0.4) is 0 Å². The van der Waals surface area contributed by atoms with Gasteiger partial charge in [0.25, 0.3) is 0 Å². The summed E-state index contributed by atoms with van der Waals surface area (Å²) in [6, 6.07) is 0. The predicted molar refractivity (Wildman–Crippen MR) is 11.8 cm³/mol. The second-order valence-electron chi connectivity index (χ2n) is 0. The van der Waals surface area contributed by atoms with Gasteiger partial charge in [-0.3, -0.25) is 0 Å². The van der Waals surface area contributed by atoms with E-state index in [2.05, 4.69) is 16.3 Å². The molecule has 3 N–H and O–H groups in total. The summed E-state index contributed by atoms with van der Waals surface area (Å²) < 4.78 is 6.75. The molecule has 0 saturated heterocycles. The van der Waals surface area contributed by atoms with E-state index in [1.54, 1.807) is 0 Å². The number of hydrogen-bond acceptors (Lipinski definition) is 3. The standard InChI is InChI=1S/Ca.Fe.3H2O/h;;3*1H2/q+2;+1;;;/p-3. The van der Waals surface area contributed by atoms with Crippen LogP contribution in [0, 0.1) is 0 Å². The van der Waals surface area contributed by atoms with Crippen LogP contribution >= 0.6 is 0 Å². The molecule has 0 aliphatic heterocycles. The van der Waals surface area contributed by atoms with Gasteiger partial charge in [-0.2, -0.15) is 0 Å². The van der Waals surface area contributed by atoms with Gasteiger partial charge in [-0.05, 0) is 0 Å². The summed E-state index contributed by atoms with van der Waals surface area (Å²) in [6.45, 7) is 0. The molecule has 0 heterocycles. The fourth-order valence-corrected chi connectivity index (χ4v) is 0. The Morgan fingerprint density at radius 3 is 1.00 bits per heavy atom. The number of hydrogen-bond donors (Lipinski definition) is 1. The molecule has 0 saturated carbocycles. The minimum atomic E-state index is 0. The molecule has 0 fully saturated rings. The van der Waals surface area contributed by atoms with Gasteiger partial charge in [-0.15, -0.1) is 0 Å². The van der Waals surface area contributed by atoms with Crippen LogP contribution in [-0.4, -0.2) is 52.9 Å². The average Bonchev–Trinajstić information content (AvgIpc) is 1.00. The summed E-state index contributed by atoms with van der Waals surface area (Å²) in [7, 11) is 0. The Balaban J connectivity index is -0.00000000167. The van der Waals surface area contributed by atoms with E-state index in [0.29, 0.717) is 0 Å². The van der Waals surface area contributed by atoms with Crippen molar-refractivity contribution in [2.75, 3.05) is 0 Å². The average molecular weight is 147 g/mol. The van der Waals surface area contributed by atoms with Crippen LogP contribution in [0.4, 0.5) is 0 Å². The summed E-state index contributed by atoms with van der Waals surface area (Å²) >= 11 is 2.25. The molecule has 5 heteroatoms. The molecule has 0 aliphatic rings. The predicted octanol–water partition coefficient (Wildman–Crippen LogP) is -1.29. The van der Waals surface area contributed by atoms with E-state index in [4.69, 9.17) is 4.19 Å². The first-order valence-corrected chi connectivity index (χ1v) is 0.652. The van der Waals surface area contributed by atoms with E-state index in [1.807, 2.05) is 0 Å². The SMILES string of the molecule is [Ca+2].[OH-].[OH-].[OH][Fe]. The molecular formula is H3CaFeO3. The monoisotopic (exact) mass is 147 g/mol. The molecule has 0 aliphatic carbocycles. The molecule has 0 aromatic heterocycles. The fourth-order valence-electron chi connectivity index (χ4n) is 0. The van der Waals surface area contributed by atoms with Crippen molar-refractivity contribution in [2.45, 2.75) is 0 Å². The molecule has 0 atom stereocenters. The van der Waals surface area contributed by atoms with Crippen LogP contribution < -0.4 is 0 Å². The molecule has 3 nitrogen and oxygen atoms in total. The molecule has 0 bridgehead atoms. The Morgan fingerprint density at radius 2 is 1.00 bits per heavy atom. The zero-order valence-corrected chi connectivity index (χ0v) is 5.71. The topological polar surface area (TPSA) is 80.2 Å². The van der Waals surface area contributed by atoms with Crippen LogP contribution in [0.15, 0.2) is 0 Å². The molecule has 0 spiro atoms. The van der Waals surface area contributed by atoms with Gasteiger partial charge in [0.05, 0.1) is 0 Å². The van der Waals surface area contributed by atoms with Gasteiger partial charge < -0.3 is 11.0 Å². The van der Waals surface area contributed by atoms with Gasteiger partial charge >= 0.3 is 58.3 Å². The maximum absolute atomic E-state index is 6.75. The molecule has 0 amide bonds. The Bertz CT molecular complexity index is 6.85. The van der Waals surface area contributed by atoms with Crippen molar-refractivity contribution < 1.29 is 31.5 Å². The zero-order valence-electron chi connectivity index (χ0n) is 2.40. The van der Waals surface area contributed by atoms with Crippen molar-refractivity contribution in [1.29, 1.82) is 0 Å². The summed E-state index contributed by atoms with van der Waals surface area (Å²) in [5.74, 6) is 0. The van der Waals surface area contributed by atoms with Gasteiger partial charge in [-0.1, -0.05) is 0 Å². The van der Waals surface area contributed by atoms with Crippen molar-refractivity contribution >= 4 is 37.7 Å². The first-order valence-electron chi connectivity index (χ1n) is 0.158. The van der Waals surface area contributed by atoms with E-state index >= 15 is 0 Å². The second kappa shape index (κ2) is 44.6. The Kier molecular flexibility index (Phi) is 269. The Labute approximate surface area is 68.5 Å². The minimum absolute atomic E-state index is 0. The molecule has 0 aromatic carbocycles. The Morgan fingerprint density at radius 1 is 1.00 bits per heavy atom. The summed E-state index contributed by atoms with van der Waals surface area (Å²) in [6.07, 6.45) is 0. The van der Waals surface area contributed by atoms with E-state index in [0.717, 1.165) is 0 Å². The van der Waals surface area contributed by atoms with Crippen molar-refractivity contribution in [3.05, 3.63) is 0 Å². The third-order valence-corrected chi connectivity index (χ3v) is 0. The molecule has 31 valence electrons. The molecule has 5 heavy (non-hydrogen) atoms. The van der Waals surface area contributed by atoms with Gasteiger partial charge in [0.15, 0.2) is 0 Å². The van der Waals surface area contributed by atoms with E-state index in [9.17, 15) is 0 Å². The zero-order chi connectivity index (χ0) is 2.00. The summed E-state index contributed by atoms with van der Waals surface area (Å²) in [5, 5.41) is 0. The molecule has 0 rings (SSSR count). The Hall–Kier alpha value is 1.66. The molecular weight excluding hydrogens is 144 g/mol. The van der Waals surface area contributed by atoms with Crippen LogP contribution in [-0.2, 0) is 16.3 Å². The van der Waals surface area contributed by atoms with Crippen LogP contribution in [0.5, 0.6) is 0 Å². The van der Waals surface area contributed by atoms with Crippen molar-refractivity contribution in [3.63, 3.8) is 0 Å². The first kappa shape index (κ1) is 30.2. The maximum atomic E-state index is 6.75. The van der Waals surface area contributed by atoms with Crippen LogP contribution in [0.25, 0.3) is 0 Å².